The van der Waals surface area contributed by atoms with E-state index in [-0.39, 0.29) is 23.7 Å². The Labute approximate surface area is 130 Å². The molecule has 1 aromatic carbocycles. The lowest BCUT2D eigenvalue weighted by molar-refractivity contribution is -0.122. The standard InChI is InChI=1S/C14H13ClINO2/c15-8-5-6-12(11(16)7-8)17-13(18)9-3-1-2-4-10(9)14(17)19/h5-7,9-10H,1-4H2. The van der Waals surface area contributed by atoms with E-state index < -0.39 is 0 Å². The average Bonchev–Trinajstić information content (AvgIpc) is 2.64. The summed E-state index contributed by atoms with van der Waals surface area (Å²) in [6.45, 7) is 0. The molecule has 2 aliphatic rings. The molecule has 100 valence electrons. The zero-order valence-corrected chi connectivity index (χ0v) is 13.1. The SMILES string of the molecule is O=C1C2CCCCC2C(=O)N1c1ccc(Cl)cc1I. The number of hydrogen-bond acceptors (Lipinski definition) is 2. The molecule has 0 bridgehead atoms. The van der Waals surface area contributed by atoms with Gasteiger partial charge in [-0.05, 0) is 53.6 Å². The van der Waals surface area contributed by atoms with Gasteiger partial charge < -0.3 is 0 Å². The van der Waals surface area contributed by atoms with Crippen LogP contribution in [0.4, 0.5) is 5.69 Å². The highest BCUT2D eigenvalue weighted by Gasteiger charge is 2.49. The second-order valence-electron chi connectivity index (χ2n) is 5.11. The normalized spacial score (nSPS) is 26.7. The van der Waals surface area contributed by atoms with Crippen molar-refractivity contribution in [3.8, 4) is 0 Å². The molecule has 2 unspecified atom stereocenters. The first-order valence-corrected chi connectivity index (χ1v) is 7.88. The minimum atomic E-state index is -0.104. The van der Waals surface area contributed by atoms with Crippen LogP contribution in [-0.2, 0) is 9.59 Å². The Morgan fingerprint density at radius 3 is 2.21 bits per heavy atom. The van der Waals surface area contributed by atoms with Gasteiger partial charge in [0.1, 0.15) is 0 Å². The van der Waals surface area contributed by atoms with Crippen LogP contribution in [0.1, 0.15) is 25.7 Å². The molecule has 19 heavy (non-hydrogen) atoms. The Morgan fingerprint density at radius 1 is 1.11 bits per heavy atom. The van der Waals surface area contributed by atoms with E-state index in [1.807, 2.05) is 0 Å². The Hall–Kier alpha value is -0.620. The summed E-state index contributed by atoms with van der Waals surface area (Å²) in [4.78, 5) is 26.3. The number of hydrogen-bond donors (Lipinski definition) is 0. The fourth-order valence-corrected chi connectivity index (χ4v) is 4.18. The maximum absolute atomic E-state index is 12.5. The number of rotatable bonds is 1. The van der Waals surface area contributed by atoms with Gasteiger partial charge in [0.05, 0.1) is 17.5 Å². The highest BCUT2D eigenvalue weighted by Crippen LogP contribution is 2.41. The van der Waals surface area contributed by atoms with Gasteiger partial charge >= 0.3 is 0 Å². The van der Waals surface area contributed by atoms with Crippen LogP contribution in [0, 0.1) is 15.4 Å². The number of amides is 2. The van der Waals surface area contributed by atoms with Crippen molar-refractivity contribution >= 4 is 51.7 Å². The molecule has 2 atom stereocenters. The van der Waals surface area contributed by atoms with Gasteiger partial charge in [-0.2, -0.15) is 0 Å². The molecule has 3 rings (SSSR count). The third-order valence-corrected chi connectivity index (χ3v) is 5.09. The molecule has 1 aliphatic carbocycles. The van der Waals surface area contributed by atoms with Gasteiger partial charge in [-0.25, -0.2) is 4.90 Å². The van der Waals surface area contributed by atoms with Gasteiger partial charge in [-0.1, -0.05) is 24.4 Å². The van der Waals surface area contributed by atoms with E-state index in [2.05, 4.69) is 22.6 Å². The lowest BCUT2D eigenvalue weighted by atomic mass is 9.81. The Kier molecular flexibility index (Phi) is 3.55. The van der Waals surface area contributed by atoms with E-state index >= 15 is 0 Å². The molecule has 1 saturated carbocycles. The van der Waals surface area contributed by atoms with Crippen molar-refractivity contribution < 1.29 is 9.59 Å². The number of carbonyl (C=O) groups excluding carboxylic acids is 2. The molecule has 1 heterocycles. The summed E-state index contributed by atoms with van der Waals surface area (Å²) in [5.74, 6) is -0.273. The largest absolute Gasteiger partial charge is 0.274 e. The minimum absolute atomic E-state index is 0.0325. The first-order valence-electron chi connectivity index (χ1n) is 6.42. The summed E-state index contributed by atoms with van der Waals surface area (Å²) in [5.41, 5.74) is 0.675. The van der Waals surface area contributed by atoms with Gasteiger partial charge in [0.2, 0.25) is 11.8 Å². The molecule has 1 saturated heterocycles. The van der Waals surface area contributed by atoms with E-state index in [0.717, 1.165) is 29.3 Å². The number of carbonyl (C=O) groups is 2. The number of nitrogens with zero attached hydrogens (tertiary/aromatic N) is 1. The third kappa shape index (κ3) is 2.18. The summed E-state index contributed by atoms with van der Waals surface area (Å²) >= 11 is 8.04. The third-order valence-electron chi connectivity index (χ3n) is 3.99. The lowest BCUT2D eigenvalue weighted by Gasteiger charge is -2.19. The van der Waals surface area contributed by atoms with Gasteiger partial charge in [-0.15, -0.1) is 0 Å². The average molecular weight is 390 g/mol. The summed E-state index contributed by atoms with van der Waals surface area (Å²) in [6, 6.07) is 5.26. The van der Waals surface area contributed by atoms with Crippen LogP contribution in [0.5, 0.6) is 0 Å². The van der Waals surface area contributed by atoms with Crippen LogP contribution in [-0.4, -0.2) is 11.8 Å². The Balaban J connectivity index is 2.00. The number of fused-ring (bicyclic) bond motifs is 1. The predicted octanol–water partition coefficient (Wildman–Crippen LogP) is 3.62. The molecule has 2 fully saturated rings. The topological polar surface area (TPSA) is 37.4 Å². The van der Waals surface area contributed by atoms with Crippen molar-refractivity contribution in [2.75, 3.05) is 4.90 Å². The number of anilines is 1. The molecule has 0 aromatic heterocycles. The summed E-state index contributed by atoms with van der Waals surface area (Å²) < 4.78 is 0.838. The fourth-order valence-electron chi connectivity index (χ4n) is 3.06. The van der Waals surface area contributed by atoms with E-state index in [1.165, 1.54) is 4.90 Å². The number of halogens is 2. The van der Waals surface area contributed by atoms with Crippen molar-refractivity contribution in [1.82, 2.24) is 0 Å². The number of benzene rings is 1. The van der Waals surface area contributed by atoms with Crippen molar-refractivity contribution in [3.05, 3.63) is 26.8 Å². The van der Waals surface area contributed by atoms with E-state index in [0.29, 0.717) is 10.7 Å². The molecule has 5 heteroatoms. The molecule has 1 aliphatic heterocycles. The van der Waals surface area contributed by atoms with Crippen LogP contribution >= 0.6 is 34.2 Å². The monoisotopic (exact) mass is 389 g/mol. The lowest BCUT2D eigenvalue weighted by Crippen LogP contribution is -2.31. The maximum atomic E-state index is 12.5. The van der Waals surface area contributed by atoms with E-state index in [1.54, 1.807) is 18.2 Å². The van der Waals surface area contributed by atoms with Gasteiger partial charge in [-0.3, -0.25) is 9.59 Å². The van der Waals surface area contributed by atoms with Crippen molar-refractivity contribution in [1.29, 1.82) is 0 Å². The van der Waals surface area contributed by atoms with E-state index in [9.17, 15) is 9.59 Å². The fraction of sp³-hybridized carbons (Fsp3) is 0.429. The Morgan fingerprint density at radius 2 is 1.68 bits per heavy atom. The van der Waals surface area contributed by atoms with Crippen molar-refractivity contribution in [3.63, 3.8) is 0 Å². The molecular formula is C14H13ClINO2. The smallest absolute Gasteiger partial charge is 0.237 e. The predicted molar refractivity (Wildman–Crippen MR) is 82.1 cm³/mol. The summed E-state index contributed by atoms with van der Waals surface area (Å²) in [5, 5.41) is 0.615. The van der Waals surface area contributed by atoms with Crippen LogP contribution in [0.3, 0.4) is 0 Å². The second kappa shape index (κ2) is 5.05. The van der Waals surface area contributed by atoms with E-state index in [4.69, 9.17) is 11.6 Å². The van der Waals surface area contributed by atoms with Crippen LogP contribution < -0.4 is 4.90 Å². The molecule has 0 spiro atoms. The van der Waals surface area contributed by atoms with Gasteiger partial charge in [0, 0.05) is 8.59 Å². The first-order chi connectivity index (χ1) is 9.09. The molecule has 3 nitrogen and oxygen atoms in total. The molecule has 2 amide bonds. The van der Waals surface area contributed by atoms with Crippen LogP contribution in [0.25, 0.3) is 0 Å². The highest BCUT2D eigenvalue weighted by atomic mass is 127. The molecular weight excluding hydrogens is 377 g/mol. The first kappa shape index (κ1) is 13.4. The molecule has 0 N–H and O–H groups in total. The van der Waals surface area contributed by atoms with Gasteiger partial charge in [0.25, 0.3) is 0 Å². The summed E-state index contributed by atoms with van der Waals surface area (Å²) in [7, 11) is 0. The maximum Gasteiger partial charge on any atom is 0.237 e. The van der Waals surface area contributed by atoms with Crippen molar-refractivity contribution in [2.24, 2.45) is 11.8 Å². The van der Waals surface area contributed by atoms with Crippen molar-refractivity contribution in [2.45, 2.75) is 25.7 Å². The Bertz CT molecular complexity index is 536. The molecule has 0 radical (unpaired) electrons. The number of imide groups is 1. The van der Waals surface area contributed by atoms with Crippen LogP contribution in [0.2, 0.25) is 5.02 Å². The zero-order valence-electron chi connectivity index (χ0n) is 10.2. The molecule has 1 aromatic rings. The zero-order chi connectivity index (χ0) is 13.6. The highest BCUT2D eigenvalue weighted by molar-refractivity contribution is 14.1. The summed E-state index contributed by atoms with van der Waals surface area (Å²) in [6.07, 6.45) is 3.78. The van der Waals surface area contributed by atoms with Crippen LogP contribution in [0.15, 0.2) is 18.2 Å². The second-order valence-corrected chi connectivity index (χ2v) is 6.70. The van der Waals surface area contributed by atoms with Gasteiger partial charge in [0.15, 0.2) is 0 Å². The minimum Gasteiger partial charge on any atom is -0.274 e. The quantitative estimate of drug-likeness (QED) is 0.543.